The van der Waals surface area contributed by atoms with E-state index in [-0.39, 0.29) is 24.9 Å². The third kappa shape index (κ3) is 2.75. The van der Waals surface area contributed by atoms with Gasteiger partial charge in [-0.25, -0.2) is 0 Å². The van der Waals surface area contributed by atoms with Crippen LogP contribution in [0.1, 0.15) is 33.6 Å². The van der Waals surface area contributed by atoms with Crippen molar-refractivity contribution in [1.82, 2.24) is 0 Å². The fraction of sp³-hybridized carbons (Fsp3) is 0.769. The van der Waals surface area contributed by atoms with Gasteiger partial charge in [-0.05, 0) is 13.8 Å². The molecule has 1 unspecified atom stereocenters. The van der Waals surface area contributed by atoms with Crippen molar-refractivity contribution >= 4 is 0 Å². The molecule has 2 aliphatic rings. The zero-order valence-electron chi connectivity index (χ0n) is 10.6. The molecule has 2 rings (SSSR count). The summed E-state index contributed by atoms with van der Waals surface area (Å²) in [6.07, 6.45) is 5.35. The van der Waals surface area contributed by atoms with Crippen molar-refractivity contribution < 1.29 is 29.0 Å². The van der Waals surface area contributed by atoms with Gasteiger partial charge in [0.2, 0.25) is 0 Å². The monoisotopic (exact) mass is 272 g/mol. The van der Waals surface area contributed by atoms with Crippen LogP contribution in [-0.2, 0) is 29.0 Å². The summed E-state index contributed by atoms with van der Waals surface area (Å²) in [7, 11) is 0. The molecule has 0 aromatic carbocycles. The first-order chi connectivity index (χ1) is 6.96. The third-order valence-electron chi connectivity index (χ3n) is 3.51. The molecule has 0 amide bonds. The predicted molar refractivity (Wildman–Crippen MR) is 58.9 cm³/mol. The molecule has 0 aromatic heterocycles. The van der Waals surface area contributed by atoms with E-state index in [9.17, 15) is 0 Å². The number of hydrogen-bond acceptors (Lipinski definition) is 2. The molecule has 0 aromatic rings. The van der Waals surface area contributed by atoms with E-state index in [0.29, 0.717) is 5.92 Å². The summed E-state index contributed by atoms with van der Waals surface area (Å²) in [5.41, 5.74) is 1.50. The summed E-state index contributed by atoms with van der Waals surface area (Å²) in [4.78, 5) is 0. The smallest absolute Gasteiger partial charge is 0.503 e. The minimum absolute atomic E-state index is 0. The predicted octanol–water partition coefficient (Wildman–Crippen LogP) is 2.75. The average molecular weight is 274 g/mol. The van der Waals surface area contributed by atoms with Crippen molar-refractivity contribution in [2.24, 2.45) is 11.3 Å². The van der Waals surface area contributed by atoms with Gasteiger partial charge in [0, 0.05) is 5.41 Å². The molecule has 3 heteroatoms. The van der Waals surface area contributed by atoms with Crippen LogP contribution in [0.2, 0.25) is 0 Å². The second-order valence-corrected chi connectivity index (χ2v) is 5.33. The van der Waals surface area contributed by atoms with Gasteiger partial charge in [0.15, 0.2) is 5.79 Å². The normalized spacial score (nSPS) is 34.0. The SMILES string of the molecule is [CH2-]C1CC2(COC(C)(C)OC2)CC1=[C-]C.[Zn+2]. The van der Waals surface area contributed by atoms with E-state index in [4.69, 9.17) is 9.47 Å². The van der Waals surface area contributed by atoms with E-state index in [1.54, 1.807) is 0 Å². The molecule has 2 fully saturated rings. The minimum Gasteiger partial charge on any atom is -0.503 e. The molecule has 1 saturated carbocycles. The molecule has 86 valence electrons. The zero-order chi connectivity index (χ0) is 11.1. The van der Waals surface area contributed by atoms with Gasteiger partial charge in [-0.3, -0.25) is 5.57 Å². The van der Waals surface area contributed by atoms with Crippen LogP contribution in [0, 0.1) is 24.3 Å². The summed E-state index contributed by atoms with van der Waals surface area (Å²) in [6.45, 7) is 11.7. The van der Waals surface area contributed by atoms with Crippen LogP contribution in [0.4, 0.5) is 0 Å². The number of ether oxygens (including phenoxy) is 2. The van der Waals surface area contributed by atoms with E-state index in [1.165, 1.54) is 5.57 Å². The van der Waals surface area contributed by atoms with E-state index >= 15 is 0 Å². The Morgan fingerprint density at radius 1 is 1.31 bits per heavy atom. The Labute approximate surface area is 112 Å². The molecule has 0 bridgehead atoms. The second-order valence-electron chi connectivity index (χ2n) is 5.33. The maximum absolute atomic E-state index is 5.75. The van der Waals surface area contributed by atoms with Crippen molar-refractivity contribution in [3.05, 3.63) is 18.6 Å². The molecule has 1 spiro atoms. The van der Waals surface area contributed by atoms with Crippen molar-refractivity contribution in [1.29, 1.82) is 0 Å². The summed E-state index contributed by atoms with van der Waals surface area (Å²) in [6, 6.07) is 0. The summed E-state index contributed by atoms with van der Waals surface area (Å²) in [5.74, 6) is -0.0203. The standard InChI is InChI=1S/C13H20O2.Zn/c1-5-11-7-13(6-10(11)2)8-14-12(3,4)15-9-13;/h10H,2,6-9H2,1,3-4H3;/q-2;+2. The number of rotatable bonds is 0. The molecule has 1 heterocycles. The van der Waals surface area contributed by atoms with Crippen LogP contribution in [0.25, 0.3) is 0 Å². The molecule has 1 aliphatic heterocycles. The largest absolute Gasteiger partial charge is 2.00 e. The molecular formula is C13H20O2Zn. The first kappa shape index (κ1) is 14.3. The molecule has 16 heavy (non-hydrogen) atoms. The average Bonchev–Trinajstić information content (AvgIpc) is 2.49. The molecule has 2 nitrogen and oxygen atoms in total. The van der Waals surface area contributed by atoms with E-state index in [1.807, 2.05) is 20.8 Å². The van der Waals surface area contributed by atoms with Gasteiger partial charge in [-0.15, -0.1) is 0 Å². The Bertz CT molecular complexity index is 274. The van der Waals surface area contributed by atoms with Gasteiger partial charge in [0.25, 0.3) is 0 Å². The van der Waals surface area contributed by atoms with Crippen LogP contribution in [0.5, 0.6) is 0 Å². The van der Waals surface area contributed by atoms with Gasteiger partial charge in [-0.2, -0.15) is 12.8 Å². The van der Waals surface area contributed by atoms with Gasteiger partial charge >= 0.3 is 19.5 Å². The second kappa shape index (κ2) is 4.88. The Balaban J connectivity index is 0.00000128. The molecule has 1 atom stereocenters. The van der Waals surface area contributed by atoms with E-state index < -0.39 is 5.79 Å². The Morgan fingerprint density at radius 3 is 2.31 bits per heavy atom. The van der Waals surface area contributed by atoms with Crippen molar-refractivity contribution in [2.75, 3.05) is 13.2 Å². The number of allylic oxidation sites excluding steroid dienone is 2. The first-order valence-electron chi connectivity index (χ1n) is 5.61. The molecule has 1 aliphatic carbocycles. The van der Waals surface area contributed by atoms with Gasteiger partial charge < -0.3 is 22.5 Å². The minimum atomic E-state index is -0.412. The Kier molecular flexibility index (Phi) is 4.37. The summed E-state index contributed by atoms with van der Waals surface area (Å²) < 4.78 is 11.5. The van der Waals surface area contributed by atoms with Crippen molar-refractivity contribution in [3.63, 3.8) is 0 Å². The van der Waals surface area contributed by atoms with E-state index in [2.05, 4.69) is 13.0 Å². The molecular weight excluding hydrogens is 254 g/mol. The maximum Gasteiger partial charge on any atom is 2.00 e. The van der Waals surface area contributed by atoms with Crippen molar-refractivity contribution in [2.45, 2.75) is 39.4 Å². The van der Waals surface area contributed by atoms with Crippen LogP contribution < -0.4 is 0 Å². The fourth-order valence-corrected chi connectivity index (χ4v) is 2.52. The quantitative estimate of drug-likeness (QED) is 0.499. The summed E-state index contributed by atoms with van der Waals surface area (Å²) in [5, 5.41) is 0. The summed E-state index contributed by atoms with van der Waals surface area (Å²) >= 11 is 0. The van der Waals surface area contributed by atoms with E-state index in [0.717, 1.165) is 26.1 Å². The zero-order valence-corrected chi connectivity index (χ0v) is 13.6. The first-order valence-corrected chi connectivity index (χ1v) is 5.61. The van der Waals surface area contributed by atoms with Crippen LogP contribution >= 0.6 is 0 Å². The van der Waals surface area contributed by atoms with Gasteiger partial charge in [0.1, 0.15) is 0 Å². The van der Waals surface area contributed by atoms with Crippen LogP contribution in [0.15, 0.2) is 5.57 Å². The third-order valence-corrected chi connectivity index (χ3v) is 3.51. The van der Waals surface area contributed by atoms with Crippen LogP contribution in [0.3, 0.4) is 0 Å². The molecule has 0 radical (unpaired) electrons. The molecule has 1 saturated heterocycles. The fourth-order valence-electron chi connectivity index (χ4n) is 2.52. The van der Waals surface area contributed by atoms with Crippen molar-refractivity contribution in [3.8, 4) is 0 Å². The maximum atomic E-state index is 5.75. The van der Waals surface area contributed by atoms with Gasteiger partial charge in [-0.1, -0.05) is 12.8 Å². The topological polar surface area (TPSA) is 18.5 Å². The molecule has 0 N–H and O–H groups in total. The van der Waals surface area contributed by atoms with Gasteiger partial charge in [0.05, 0.1) is 13.2 Å². The Morgan fingerprint density at radius 2 is 1.88 bits per heavy atom. The number of hydrogen-bond donors (Lipinski definition) is 0. The van der Waals surface area contributed by atoms with Crippen LogP contribution in [-0.4, -0.2) is 19.0 Å². The Hall–Kier alpha value is 0.283.